The predicted octanol–water partition coefficient (Wildman–Crippen LogP) is 2.88. The molecule has 34 heavy (non-hydrogen) atoms. The lowest BCUT2D eigenvalue weighted by Gasteiger charge is -2.12. The van der Waals surface area contributed by atoms with E-state index in [9.17, 15) is 13.2 Å². The summed E-state index contributed by atoms with van der Waals surface area (Å²) >= 11 is 0. The van der Waals surface area contributed by atoms with Crippen LogP contribution in [-0.4, -0.2) is 36.9 Å². The molecule has 0 saturated heterocycles. The summed E-state index contributed by atoms with van der Waals surface area (Å²) in [6, 6.07) is 15.0. The standard InChI is InChI=1S/C23H27N7O3S/c1-15-4-8-19(9-5-15)28-23(31)30-21(29-22-26-16(2)14-17(3)27-22)25-13-12-18-6-10-20(11-7-18)34(24,32)33/h4-11,14H,12-13H2,1-3H3,(H2,24,32,33)(H3,25,26,27,28,29,30,31). The fourth-order valence-electron chi connectivity index (χ4n) is 3.05. The Morgan fingerprint density at radius 3 is 2.15 bits per heavy atom. The summed E-state index contributed by atoms with van der Waals surface area (Å²) in [5.74, 6) is 0.486. The first-order valence-electron chi connectivity index (χ1n) is 10.5. The predicted molar refractivity (Wildman–Crippen MR) is 132 cm³/mol. The molecule has 0 atom stereocenters. The number of urea groups is 1. The lowest BCUT2D eigenvalue weighted by molar-refractivity contribution is 0.256. The van der Waals surface area contributed by atoms with Crippen molar-refractivity contribution >= 4 is 33.6 Å². The van der Waals surface area contributed by atoms with Gasteiger partial charge in [-0.15, -0.1) is 0 Å². The van der Waals surface area contributed by atoms with E-state index in [1.54, 1.807) is 24.3 Å². The molecule has 0 aliphatic heterocycles. The van der Waals surface area contributed by atoms with Crippen molar-refractivity contribution in [3.05, 3.63) is 77.1 Å². The van der Waals surface area contributed by atoms with Crippen molar-refractivity contribution < 1.29 is 13.2 Å². The average molecular weight is 482 g/mol. The van der Waals surface area contributed by atoms with Gasteiger partial charge in [-0.3, -0.25) is 15.6 Å². The molecule has 0 saturated carbocycles. The molecule has 10 nitrogen and oxygen atoms in total. The van der Waals surface area contributed by atoms with E-state index < -0.39 is 16.1 Å². The molecule has 1 aromatic heterocycles. The van der Waals surface area contributed by atoms with E-state index >= 15 is 0 Å². The molecular formula is C23H27N7O3S. The SMILES string of the molecule is Cc1ccc(NC(=O)NC(=NCCc2ccc(S(N)(=O)=O)cc2)Nc2nc(C)cc(C)n2)cc1. The summed E-state index contributed by atoms with van der Waals surface area (Å²) in [5, 5.41) is 13.5. The van der Waals surface area contributed by atoms with Crippen molar-refractivity contribution in [1.82, 2.24) is 15.3 Å². The number of nitrogens with two attached hydrogens (primary N) is 1. The highest BCUT2D eigenvalue weighted by molar-refractivity contribution is 7.89. The number of sulfonamides is 1. The Balaban J connectivity index is 1.72. The second-order valence-electron chi connectivity index (χ2n) is 7.71. The monoisotopic (exact) mass is 481 g/mol. The highest BCUT2D eigenvalue weighted by Gasteiger charge is 2.10. The first-order valence-corrected chi connectivity index (χ1v) is 12.0. The highest BCUT2D eigenvalue weighted by Crippen LogP contribution is 2.10. The van der Waals surface area contributed by atoms with Gasteiger partial charge in [-0.2, -0.15) is 0 Å². The van der Waals surface area contributed by atoms with Gasteiger partial charge in [0.25, 0.3) is 0 Å². The number of primary sulfonamides is 1. The van der Waals surface area contributed by atoms with Crippen molar-refractivity contribution in [1.29, 1.82) is 0 Å². The van der Waals surface area contributed by atoms with Gasteiger partial charge in [0.1, 0.15) is 0 Å². The number of aromatic nitrogens is 2. The molecule has 2 aromatic carbocycles. The zero-order chi connectivity index (χ0) is 24.7. The molecular weight excluding hydrogens is 454 g/mol. The van der Waals surface area contributed by atoms with E-state index in [-0.39, 0.29) is 10.9 Å². The quantitative estimate of drug-likeness (QED) is 0.314. The molecule has 5 N–H and O–H groups in total. The van der Waals surface area contributed by atoms with Crippen LogP contribution in [0.1, 0.15) is 22.5 Å². The van der Waals surface area contributed by atoms with Crippen LogP contribution in [0.3, 0.4) is 0 Å². The molecule has 0 fully saturated rings. The van der Waals surface area contributed by atoms with Crippen LogP contribution in [0.15, 0.2) is 64.5 Å². The Bertz CT molecular complexity index is 1270. The average Bonchev–Trinajstić information content (AvgIpc) is 2.74. The third kappa shape index (κ3) is 7.64. The number of guanidine groups is 1. The Hall–Kier alpha value is -3.83. The van der Waals surface area contributed by atoms with E-state index in [1.807, 2.05) is 39.0 Å². The third-order valence-electron chi connectivity index (χ3n) is 4.68. The molecule has 2 amide bonds. The minimum Gasteiger partial charge on any atom is -0.308 e. The number of benzene rings is 2. The molecule has 1 heterocycles. The normalized spacial score (nSPS) is 11.7. The second kappa shape index (κ2) is 10.9. The Morgan fingerprint density at radius 2 is 1.56 bits per heavy atom. The summed E-state index contributed by atoms with van der Waals surface area (Å²) in [7, 11) is -3.74. The Kier molecular flexibility index (Phi) is 7.92. The first-order chi connectivity index (χ1) is 16.1. The molecule has 0 unspecified atom stereocenters. The van der Waals surface area contributed by atoms with Crippen molar-refractivity contribution in [2.24, 2.45) is 10.1 Å². The van der Waals surface area contributed by atoms with Gasteiger partial charge in [-0.25, -0.2) is 28.3 Å². The van der Waals surface area contributed by atoms with Crippen LogP contribution < -0.4 is 21.1 Å². The van der Waals surface area contributed by atoms with Crippen molar-refractivity contribution in [2.75, 3.05) is 17.2 Å². The van der Waals surface area contributed by atoms with Crippen LogP contribution in [0.2, 0.25) is 0 Å². The summed E-state index contributed by atoms with van der Waals surface area (Å²) < 4.78 is 22.8. The zero-order valence-corrected chi connectivity index (χ0v) is 20.0. The topological polar surface area (TPSA) is 151 Å². The smallest absolute Gasteiger partial charge is 0.308 e. The van der Waals surface area contributed by atoms with Crippen LogP contribution >= 0.6 is 0 Å². The largest absolute Gasteiger partial charge is 0.326 e. The third-order valence-corrected chi connectivity index (χ3v) is 5.61. The number of amides is 2. The van der Waals surface area contributed by atoms with Gasteiger partial charge in [0.15, 0.2) is 0 Å². The number of carbonyl (C=O) groups excluding carboxylic acids is 1. The Labute approximate surface area is 198 Å². The molecule has 3 aromatic rings. The molecule has 11 heteroatoms. The number of anilines is 2. The van der Waals surface area contributed by atoms with E-state index in [1.165, 1.54) is 12.1 Å². The summed E-state index contributed by atoms with van der Waals surface area (Å²) in [4.78, 5) is 25.7. The molecule has 0 radical (unpaired) electrons. The summed E-state index contributed by atoms with van der Waals surface area (Å²) in [6.07, 6.45) is 0.505. The number of hydrogen-bond acceptors (Lipinski definition) is 6. The maximum atomic E-state index is 12.5. The summed E-state index contributed by atoms with van der Waals surface area (Å²) in [6.45, 7) is 5.97. The molecule has 0 aliphatic rings. The van der Waals surface area contributed by atoms with Crippen molar-refractivity contribution in [3.63, 3.8) is 0 Å². The van der Waals surface area contributed by atoms with E-state index in [4.69, 9.17) is 5.14 Å². The fraction of sp³-hybridized carbons (Fsp3) is 0.217. The number of rotatable bonds is 6. The number of nitrogens with one attached hydrogen (secondary N) is 3. The second-order valence-corrected chi connectivity index (χ2v) is 9.28. The lowest BCUT2D eigenvalue weighted by atomic mass is 10.1. The van der Waals surface area contributed by atoms with E-state index in [2.05, 4.69) is 30.9 Å². The van der Waals surface area contributed by atoms with Crippen LogP contribution in [0.25, 0.3) is 0 Å². The van der Waals surface area contributed by atoms with Crippen LogP contribution in [0, 0.1) is 20.8 Å². The number of nitrogens with zero attached hydrogens (tertiary/aromatic N) is 3. The molecule has 3 rings (SSSR count). The maximum absolute atomic E-state index is 12.5. The van der Waals surface area contributed by atoms with Crippen LogP contribution in [0.5, 0.6) is 0 Å². The van der Waals surface area contributed by atoms with Gasteiger partial charge in [-0.1, -0.05) is 29.8 Å². The zero-order valence-electron chi connectivity index (χ0n) is 19.2. The number of hydrogen-bond donors (Lipinski definition) is 4. The molecule has 0 bridgehead atoms. The van der Waals surface area contributed by atoms with Crippen molar-refractivity contribution in [2.45, 2.75) is 32.1 Å². The van der Waals surface area contributed by atoms with Gasteiger partial charge >= 0.3 is 6.03 Å². The summed E-state index contributed by atoms with van der Waals surface area (Å²) in [5.41, 5.74) is 4.13. The minimum atomic E-state index is -3.74. The van der Waals surface area contributed by atoms with E-state index in [0.717, 1.165) is 22.5 Å². The maximum Gasteiger partial charge on any atom is 0.326 e. The van der Waals surface area contributed by atoms with Gasteiger partial charge in [-0.05, 0) is 63.1 Å². The van der Waals surface area contributed by atoms with Gasteiger partial charge < -0.3 is 5.32 Å². The van der Waals surface area contributed by atoms with Crippen LogP contribution in [-0.2, 0) is 16.4 Å². The van der Waals surface area contributed by atoms with Gasteiger partial charge in [0.05, 0.1) is 4.90 Å². The highest BCUT2D eigenvalue weighted by atomic mass is 32.2. The van der Waals surface area contributed by atoms with Crippen molar-refractivity contribution in [3.8, 4) is 0 Å². The van der Waals surface area contributed by atoms with Gasteiger partial charge in [0.2, 0.25) is 21.9 Å². The molecule has 0 aliphatic carbocycles. The number of carbonyl (C=O) groups is 1. The minimum absolute atomic E-state index is 0.0449. The fourth-order valence-corrected chi connectivity index (χ4v) is 3.56. The van der Waals surface area contributed by atoms with Gasteiger partial charge in [0, 0.05) is 23.6 Å². The molecule has 178 valence electrons. The van der Waals surface area contributed by atoms with E-state index in [0.29, 0.717) is 24.6 Å². The number of aryl methyl sites for hydroxylation is 3. The number of aliphatic imine (C=N–C) groups is 1. The van der Waals surface area contributed by atoms with Crippen LogP contribution in [0.4, 0.5) is 16.4 Å². The molecule has 0 spiro atoms. The lowest BCUT2D eigenvalue weighted by Crippen LogP contribution is -2.39. The Morgan fingerprint density at radius 1 is 0.941 bits per heavy atom. The first kappa shape index (κ1) is 24.8.